The molecule has 0 bridgehead atoms. The number of benzene rings is 2. The minimum absolute atomic E-state index is 0.155. The van der Waals surface area contributed by atoms with E-state index in [9.17, 15) is 4.79 Å². The second kappa shape index (κ2) is 8.52. The molecule has 0 amide bonds. The van der Waals surface area contributed by atoms with Crippen LogP contribution in [0.3, 0.4) is 0 Å². The SMILES string of the molecule is COc1cccc(CCC(=O)C(C)(C)COc2cccc3nc(C)cc(N)c23)c1. The summed E-state index contributed by atoms with van der Waals surface area (Å²) in [5, 5.41) is 0.790. The van der Waals surface area contributed by atoms with Crippen LogP contribution in [-0.4, -0.2) is 24.5 Å². The summed E-state index contributed by atoms with van der Waals surface area (Å²) < 4.78 is 11.3. The monoisotopic (exact) mass is 392 g/mol. The van der Waals surface area contributed by atoms with Crippen molar-refractivity contribution in [2.75, 3.05) is 19.5 Å². The third-order valence-corrected chi connectivity index (χ3v) is 5.07. The number of pyridine rings is 1. The first-order chi connectivity index (χ1) is 13.8. The standard InChI is InChI=1S/C24H28N2O3/c1-16-13-19(25)23-20(26-16)9-6-10-21(23)29-15-24(2,3)22(27)12-11-17-7-5-8-18(14-17)28-4/h5-10,13-14H,11-12,15H2,1-4H3,(H2,25,26). The summed E-state index contributed by atoms with van der Waals surface area (Å²) in [4.78, 5) is 17.4. The van der Waals surface area contributed by atoms with Crippen LogP contribution in [0.2, 0.25) is 0 Å². The molecule has 5 nitrogen and oxygen atoms in total. The summed E-state index contributed by atoms with van der Waals surface area (Å²) in [5.74, 6) is 1.61. The van der Waals surface area contributed by atoms with Crippen molar-refractivity contribution < 1.29 is 14.3 Å². The Labute approximate surface area is 171 Å². The summed E-state index contributed by atoms with van der Waals surface area (Å²) >= 11 is 0. The van der Waals surface area contributed by atoms with Crippen molar-refractivity contribution in [2.24, 2.45) is 5.41 Å². The van der Waals surface area contributed by atoms with Crippen LogP contribution in [0, 0.1) is 12.3 Å². The molecule has 0 aliphatic carbocycles. The molecule has 0 saturated heterocycles. The van der Waals surface area contributed by atoms with Gasteiger partial charge in [-0.1, -0.05) is 18.2 Å². The highest BCUT2D eigenvalue weighted by Gasteiger charge is 2.28. The van der Waals surface area contributed by atoms with Crippen molar-refractivity contribution in [3.8, 4) is 11.5 Å². The maximum absolute atomic E-state index is 12.8. The van der Waals surface area contributed by atoms with Gasteiger partial charge >= 0.3 is 0 Å². The third-order valence-electron chi connectivity index (χ3n) is 5.07. The van der Waals surface area contributed by atoms with Gasteiger partial charge in [-0.3, -0.25) is 9.78 Å². The van der Waals surface area contributed by atoms with Gasteiger partial charge in [0.25, 0.3) is 0 Å². The van der Waals surface area contributed by atoms with E-state index in [1.807, 2.05) is 69.3 Å². The molecule has 0 fully saturated rings. The van der Waals surface area contributed by atoms with E-state index < -0.39 is 5.41 Å². The lowest BCUT2D eigenvalue weighted by Gasteiger charge is -2.24. The molecule has 0 aliphatic rings. The van der Waals surface area contributed by atoms with Crippen LogP contribution in [-0.2, 0) is 11.2 Å². The van der Waals surface area contributed by atoms with E-state index in [4.69, 9.17) is 15.2 Å². The zero-order chi connectivity index (χ0) is 21.0. The molecule has 29 heavy (non-hydrogen) atoms. The molecule has 0 unspecified atom stereocenters. The van der Waals surface area contributed by atoms with Crippen LogP contribution < -0.4 is 15.2 Å². The number of nitrogens with two attached hydrogens (primary N) is 1. The average molecular weight is 392 g/mol. The molecule has 2 N–H and O–H groups in total. The number of hydrogen-bond acceptors (Lipinski definition) is 5. The third kappa shape index (κ3) is 4.86. The van der Waals surface area contributed by atoms with Crippen LogP contribution in [0.15, 0.2) is 48.5 Å². The first kappa shape index (κ1) is 20.6. The van der Waals surface area contributed by atoms with Crippen LogP contribution >= 0.6 is 0 Å². The summed E-state index contributed by atoms with van der Waals surface area (Å²) in [6.45, 7) is 6.01. The minimum Gasteiger partial charge on any atom is -0.497 e. The average Bonchev–Trinajstić information content (AvgIpc) is 2.70. The van der Waals surface area contributed by atoms with Gasteiger partial charge in [-0.2, -0.15) is 0 Å². The van der Waals surface area contributed by atoms with Gasteiger partial charge in [0.15, 0.2) is 0 Å². The second-order valence-electron chi connectivity index (χ2n) is 7.95. The Balaban J connectivity index is 1.68. The number of aromatic nitrogens is 1. The molecule has 0 saturated carbocycles. The number of ketones is 1. The smallest absolute Gasteiger partial charge is 0.142 e. The molecule has 0 aliphatic heterocycles. The quantitative estimate of drug-likeness (QED) is 0.599. The predicted octanol–water partition coefficient (Wildman–Crippen LogP) is 4.74. The number of nitrogen functional groups attached to an aromatic ring is 1. The van der Waals surface area contributed by atoms with E-state index in [1.54, 1.807) is 7.11 Å². The first-order valence-electron chi connectivity index (χ1n) is 9.75. The number of fused-ring (bicyclic) bond motifs is 1. The Morgan fingerprint density at radius 2 is 1.90 bits per heavy atom. The van der Waals surface area contributed by atoms with Gasteiger partial charge in [-0.15, -0.1) is 0 Å². The van der Waals surface area contributed by atoms with Crippen LogP contribution in [0.25, 0.3) is 10.9 Å². The van der Waals surface area contributed by atoms with Crippen LogP contribution in [0.4, 0.5) is 5.69 Å². The molecule has 0 radical (unpaired) electrons. The van der Waals surface area contributed by atoms with Gasteiger partial charge in [0.2, 0.25) is 0 Å². The summed E-state index contributed by atoms with van der Waals surface area (Å²) in [6.07, 6.45) is 1.12. The highest BCUT2D eigenvalue weighted by atomic mass is 16.5. The molecule has 3 rings (SSSR count). The number of anilines is 1. The molecule has 152 valence electrons. The number of rotatable bonds is 8. The van der Waals surface area contributed by atoms with Gasteiger partial charge in [0.1, 0.15) is 23.9 Å². The number of carbonyl (C=O) groups excluding carboxylic acids is 1. The lowest BCUT2D eigenvalue weighted by atomic mass is 9.86. The van der Waals surface area contributed by atoms with Crippen LogP contribution in [0.5, 0.6) is 11.5 Å². The van der Waals surface area contributed by atoms with E-state index >= 15 is 0 Å². The van der Waals surface area contributed by atoms with Crippen molar-refractivity contribution >= 4 is 22.4 Å². The highest BCUT2D eigenvalue weighted by molar-refractivity contribution is 5.95. The number of methoxy groups -OCH3 is 1. The zero-order valence-corrected chi connectivity index (χ0v) is 17.5. The van der Waals surface area contributed by atoms with Gasteiger partial charge in [-0.05, 0) is 63.1 Å². The van der Waals surface area contributed by atoms with Crippen molar-refractivity contribution in [2.45, 2.75) is 33.6 Å². The van der Waals surface area contributed by atoms with Crippen LogP contribution in [0.1, 0.15) is 31.5 Å². The van der Waals surface area contributed by atoms with E-state index in [1.165, 1.54) is 0 Å². The normalized spacial score (nSPS) is 11.4. The molecular formula is C24H28N2O3. The number of ether oxygens (including phenoxy) is 2. The maximum atomic E-state index is 12.8. The van der Waals surface area contributed by atoms with Crippen molar-refractivity contribution in [3.05, 3.63) is 59.8 Å². The van der Waals surface area contributed by atoms with E-state index in [-0.39, 0.29) is 12.4 Å². The van der Waals surface area contributed by atoms with Crippen molar-refractivity contribution in [3.63, 3.8) is 0 Å². The fraction of sp³-hybridized carbons (Fsp3) is 0.333. The van der Waals surface area contributed by atoms with Gasteiger partial charge < -0.3 is 15.2 Å². The molecular weight excluding hydrogens is 364 g/mol. The number of carbonyl (C=O) groups is 1. The van der Waals surface area contributed by atoms with Gasteiger partial charge in [0.05, 0.1) is 23.4 Å². The lowest BCUT2D eigenvalue weighted by Crippen LogP contribution is -2.31. The fourth-order valence-corrected chi connectivity index (χ4v) is 3.31. The molecule has 0 spiro atoms. The molecule has 0 atom stereocenters. The topological polar surface area (TPSA) is 74.4 Å². The number of aryl methyl sites for hydroxylation is 2. The second-order valence-corrected chi connectivity index (χ2v) is 7.95. The minimum atomic E-state index is -0.617. The first-order valence-corrected chi connectivity index (χ1v) is 9.75. The lowest BCUT2D eigenvalue weighted by molar-refractivity contribution is -0.128. The Morgan fingerprint density at radius 1 is 1.14 bits per heavy atom. The summed E-state index contributed by atoms with van der Waals surface area (Å²) in [7, 11) is 1.64. The number of hydrogen-bond donors (Lipinski definition) is 1. The molecule has 2 aromatic carbocycles. The van der Waals surface area contributed by atoms with E-state index in [0.717, 1.165) is 27.9 Å². The molecule has 1 aromatic heterocycles. The van der Waals surface area contributed by atoms with E-state index in [2.05, 4.69) is 4.98 Å². The predicted molar refractivity (Wildman–Crippen MR) is 116 cm³/mol. The van der Waals surface area contributed by atoms with Crippen molar-refractivity contribution in [1.29, 1.82) is 0 Å². The highest BCUT2D eigenvalue weighted by Crippen LogP contribution is 2.32. The van der Waals surface area contributed by atoms with E-state index in [0.29, 0.717) is 24.3 Å². The Kier molecular flexibility index (Phi) is 6.06. The Morgan fingerprint density at radius 3 is 2.66 bits per heavy atom. The maximum Gasteiger partial charge on any atom is 0.142 e. The fourth-order valence-electron chi connectivity index (χ4n) is 3.31. The number of Topliss-reactive ketones (excluding diaryl/α,β-unsaturated/α-hetero) is 1. The van der Waals surface area contributed by atoms with Gasteiger partial charge in [0, 0.05) is 17.8 Å². The summed E-state index contributed by atoms with van der Waals surface area (Å²) in [6, 6.07) is 15.3. The largest absolute Gasteiger partial charge is 0.497 e. The molecule has 3 aromatic rings. The van der Waals surface area contributed by atoms with Crippen molar-refractivity contribution in [1.82, 2.24) is 4.98 Å². The zero-order valence-electron chi connectivity index (χ0n) is 17.5. The number of nitrogens with zero attached hydrogens (tertiary/aromatic N) is 1. The molecule has 1 heterocycles. The Bertz CT molecular complexity index is 1030. The molecule has 5 heteroatoms. The van der Waals surface area contributed by atoms with Gasteiger partial charge in [-0.25, -0.2) is 0 Å². The Hall–Kier alpha value is -3.08. The summed E-state index contributed by atoms with van der Waals surface area (Å²) in [5.41, 5.74) is 8.94.